The normalized spacial score (nSPS) is 13.5. The second-order valence-electron chi connectivity index (χ2n) is 5.34. The van der Waals surface area contributed by atoms with Crippen molar-refractivity contribution in [2.24, 2.45) is 0 Å². The number of aromatic nitrogens is 1. The smallest absolute Gasteiger partial charge is 0.270 e. The molecule has 5 heteroatoms. The summed E-state index contributed by atoms with van der Waals surface area (Å²) in [5.41, 5.74) is 2.30. The van der Waals surface area contributed by atoms with E-state index in [2.05, 4.69) is 15.6 Å². The van der Waals surface area contributed by atoms with Gasteiger partial charge < -0.3 is 15.4 Å². The molecular formula is C17H19N3O2. The molecule has 1 fully saturated rings. The van der Waals surface area contributed by atoms with E-state index in [0.29, 0.717) is 18.3 Å². The van der Waals surface area contributed by atoms with Crippen molar-refractivity contribution in [3.05, 3.63) is 53.9 Å². The Balaban J connectivity index is 1.64. The van der Waals surface area contributed by atoms with Crippen LogP contribution < -0.4 is 15.4 Å². The molecule has 0 atom stereocenters. The van der Waals surface area contributed by atoms with E-state index >= 15 is 0 Å². The van der Waals surface area contributed by atoms with Crippen LogP contribution in [0.4, 0.5) is 5.69 Å². The van der Waals surface area contributed by atoms with Crippen LogP contribution in [0.5, 0.6) is 5.75 Å². The Morgan fingerprint density at radius 2 is 2.14 bits per heavy atom. The number of ether oxygens (including phenoxy) is 1. The van der Waals surface area contributed by atoms with Crippen LogP contribution >= 0.6 is 0 Å². The lowest BCUT2D eigenvalue weighted by Crippen LogP contribution is -2.24. The zero-order valence-electron chi connectivity index (χ0n) is 12.5. The second-order valence-corrected chi connectivity index (χ2v) is 5.34. The van der Waals surface area contributed by atoms with Crippen molar-refractivity contribution in [2.75, 3.05) is 12.4 Å². The van der Waals surface area contributed by atoms with Crippen LogP contribution in [0, 0.1) is 0 Å². The van der Waals surface area contributed by atoms with Crippen LogP contribution in [-0.4, -0.2) is 24.0 Å². The van der Waals surface area contributed by atoms with Gasteiger partial charge in [-0.2, -0.15) is 0 Å². The molecule has 1 heterocycles. The number of carbonyl (C=O) groups is 1. The van der Waals surface area contributed by atoms with Crippen molar-refractivity contribution >= 4 is 11.6 Å². The van der Waals surface area contributed by atoms with Crippen LogP contribution in [0.15, 0.2) is 42.6 Å². The highest BCUT2D eigenvalue weighted by atomic mass is 16.5. The van der Waals surface area contributed by atoms with E-state index in [1.807, 2.05) is 30.3 Å². The molecule has 3 rings (SSSR count). The van der Waals surface area contributed by atoms with Gasteiger partial charge in [0.25, 0.3) is 5.91 Å². The number of rotatable bonds is 6. The quantitative estimate of drug-likeness (QED) is 0.860. The van der Waals surface area contributed by atoms with Gasteiger partial charge in [0.15, 0.2) is 0 Å². The van der Waals surface area contributed by atoms with Gasteiger partial charge in [0.1, 0.15) is 11.4 Å². The molecule has 0 saturated heterocycles. The maximum atomic E-state index is 12.2. The maximum absolute atomic E-state index is 12.2. The minimum atomic E-state index is -0.189. The van der Waals surface area contributed by atoms with Crippen LogP contribution in [-0.2, 0) is 6.54 Å². The van der Waals surface area contributed by atoms with Crippen molar-refractivity contribution in [1.29, 1.82) is 0 Å². The molecule has 1 amide bonds. The number of nitrogens with one attached hydrogen (secondary N) is 2. The van der Waals surface area contributed by atoms with E-state index in [1.165, 1.54) is 12.8 Å². The first kappa shape index (κ1) is 14.4. The number of para-hydroxylation sites is 1. The summed E-state index contributed by atoms with van der Waals surface area (Å²) in [6.07, 6.45) is 4.04. The Kier molecular flexibility index (Phi) is 4.23. The van der Waals surface area contributed by atoms with E-state index < -0.39 is 0 Å². The van der Waals surface area contributed by atoms with Gasteiger partial charge in [-0.25, -0.2) is 0 Å². The summed E-state index contributed by atoms with van der Waals surface area (Å²) in [7, 11) is 1.62. The number of anilines is 1. The Labute approximate surface area is 129 Å². The lowest BCUT2D eigenvalue weighted by molar-refractivity contribution is 0.0945. The summed E-state index contributed by atoms with van der Waals surface area (Å²) in [5, 5.41) is 6.24. The number of hydrogen-bond acceptors (Lipinski definition) is 4. The van der Waals surface area contributed by atoms with Gasteiger partial charge >= 0.3 is 0 Å². The number of hydrogen-bond donors (Lipinski definition) is 2. The first-order chi connectivity index (χ1) is 10.8. The number of amides is 1. The Morgan fingerprint density at radius 3 is 2.91 bits per heavy atom. The molecule has 1 aromatic carbocycles. The molecule has 0 radical (unpaired) electrons. The average Bonchev–Trinajstić information content (AvgIpc) is 3.37. The van der Waals surface area contributed by atoms with E-state index in [1.54, 1.807) is 19.4 Å². The van der Waals surface area contributed by atoms with Crippen molar-refractivity contribution < 1.29 is 9.53 Å². The van der Waals surface area contributed by atoms with Crippen LogP contribution in [0.25, 0.3) is 0 Å². The third kappa shape index (κ3) is 3.55. The molecule has 1 saturated carbocycles. The highest BCUT2D eigenvalue weighted by Crippen LogP contribution is 2.24. The van der Waals surface area contributed by atoms with Gasteiger partial charge in [0, 0.05) is 30.0 Å². The minimum Gasteiger partial charge on any atom is -0.496 e. The molecule has 2 N–H and O–H groups in total. The van der Waals surface area contributed by atoms with E-state index in [9.17, 15) is 4.79 Å². The minimum absolute atomic E-state index is 0.189. The van der Waals surface area contributed by atoms with Gasteiger partial charge in [-0.3, -0.25) is 9.78 Å². The summed E-state index contributed by atoms with van der Waals surface area (Å²) in [6.45, 7) is 0.408. The Hall–Kier alpha value is -2.56. The lowest BCUT2D eigenvalue weighted by Gasteiger charge is -2.10. The number of carbonyl (C=O) groups excluding carboxylic acids is 1. The zero-order chi connectivity index (χ0) is 15.4. The molecule has 1 aliphatic carbocycles. The zero-order valence-corrected chi connectivity index (χ0v) is 12.5. The fraction of sp³-hybridized carbons (Fsp3) is 0.294. The largest absolute Gasteiger partial charge is 0.496 e. The third-order valence-corrected chi connectivity index (χ3v) is 3.57. The molecule has 5 nitrogen and oxygen atoms in total. The van der Waals surface area contributed by atoms with Crippen molar-refractivity contribution in [3.63, 3.8) is 0 Å². The lowest BCUT2D eigenvalue weighted by atomic mass is 10.2. The number of pyridine rings is 1. The molecule has 1 aliphatic rings. The molecule has 1 aromatic heterocycles. The molecule has 22 heavy (non-hydrogen) atoms. The Bertz CT molecular complexity index is 668. The van der Waals surface area contributed by atoms with Crippen molar-refractivity contribution in [3.8, 4) is 5.75 Å². The average molecular weight is 297 g/mol. The first-order valence-electron chi connectivity index (χ1n) is 7.39. The fourth-order valence-corrected chi connectivity index (χ4v) is 2.22. The summed E-state index contributed by atoms with van der Waals surface area (Å²) < 4.78 is 5.28. The monoisotopic (exact) mass is 297 g/mol. The summed E-state index contributed by atoms with van der Waals surface area (Å²) >= 11 is 0. The molecule has 0 spiro atoms. The van der Waals surface area contributed by atoms with Crippen molar-refractivity contribution in [1.82, 2.24) is 10.3 Å². The summed E-state index contributed by atoms with van der Waals surface area (Å²) in [4.78, 5) is 16.4. The van der Waals surface area contributed by atoms with E-state index in [-0.39, 0.29) is 5.91 Å². The fourth-order valence-electron chi connectivity index (χ4n) is 2.22. The van der Waals surface area contributed by atoms with Gasteiger partial charge in [-0.05, 0) is 31.0 Å². The molecule has 2 aromatic rings. The van der Waals surface area contributed by atoms with Gasteiger partial charge in [0.05, 0.1) is 7.11 Å². The predicted octanol–water partition coefficient (Wildman–Crippen LogP) is 2.59. The van der Waals surface area contributed by atoms with Crippen LogP contribution in [0.2, 0.25) is 0 Å². The van der Waals surface area contributed by atoms with Crippen molar-refractivity contribution in [2.45, 2.75) is 25.4 Å². The second kappa shape index (κ2) is 6.47. The standard InChI is InChI=1S/C17H19N3O2/c1-22-16-5-3-2-4-12(16)11-19-17(21)15-10-14(8-9-18-15)20-13-6-7-13/h2-5,8-10,13H,6-7,11H2,1H3,(H,18,20)(H,19,21). The topological polar surface area (TPSA) is 63.2 Å². The maximum Gasteiger partial charge on any atom is 0.270 e. The molecule has 0 bridgehead atoms. The highest BCUT2D eigenvalue weighted by molar-refractivity contribution is 5.93. The SMILES string of the molecule is COc1ccccc1CNC(=O)c1cc(NC2CC2)ccn1. The Morgan fingerprint density at radius 1 is 1.32 bits per heavy atom. The van der Waals surface area contributed by atoms with Gasteiger partial charge in [-0.15, -0.1) is 0 Å². The molecule has 0 aliphatic heterocycles. The van der Waals surface area contributed by atoms with Gasteiger partial charge in [-0.1, -0.05) is 18.2 Å². The number of nitrogens with zero attached hydrogens (tertiary/aromatic N) is 1. The summed E-state index contributed by atoms with van der Waals surface area (Å²) in [6, 6.07) is 11.8. The molecular weight excluding hydrogens is 278 g/mol. The highest BCUT2D eigenvalue weighted by Gasteiger charge is 2.21. The number of benzene rings is 1. The first-order valence-corrected chi connectivity index (χ1v) is 7.39. The van der Waals surface area contributed by atoms with E-state index in [4.69, 9.17) is 4.74 Å². The van der Waals surface area contributed by atoms with Gasteiger partial charge in [0.2, 0.25) is 0 Å². The molecule has 0 unspecified atom stereocenters. The van der Waals surface area contributed by atoms with Crippen LogP contribution in [0.3, 0.4) is 0 Å². The predicted molar refractivity (Wildman–Crippen MR) is 85.0 cm³/mol. The van der Waals surface area contributed by atoms with Crippen LogP contribution in [0.1, 0.15) is 28.9 Å². The number of methoxy groups -OCH3 is 1. The van der Waals surface area contributed by atoms with E-state index in [0.717, 1.165) is 17.0 Å². The third-order valence-electron chi connectivity index (χ3n) is 3.57. The summed E-state index contributed by atoms with van der Waals surface area (Å²) in [5.74, 6) is 0.574. The molecule has 114 valence electrons.